The van der Waals surface area contributed by atoms with Gasteiger partial charge in [0.2, 0.25) is 5.91 Å². The maximum absolute atomic E-state index is 12.4. The summed E-state index contributed by atoms with van der Waals surface area (Å²) < 4.78 is 7.92. The Morgan fingerprint density at radius 1 is 1.39 bits per heavy atom. The highest BCUT2D eigenvalue weighted by atomic mass is 79.9. The fourth-order valence-corrected chi connectivity index (χ4v) is 3.04. The van der Waals surface area contributed by atoms with E-state index in [-0.39, 0.29) is 11.9 Å². The molecule has 1 saturated heterocycles. The first-order valence-corrected chi connectivity index (χ1v) is 8.37. The number of aromatic nitrogens is 3. The highest BCUT2D eigenvalue weighted by molar-refractivity contribution is 9.10. The summed E-state index contributed by atoms with van der Waals surface area (Å²) in [5.74, 6) is 0.159. The molecule has 1 fully saturated rings. The molecule has 0 spiro atoms. The van der Waals surface area contributed by atoms with Gasteiger partial charge in [0.25, 0.3) is 0 Å². The standard InChI is InChI=1S/C16H19BrN4O2/c1-23-11-14-9-21(19-18-14)15-6-7-20(10-15)16(22)8-12-2-4-13(17)5-3-12/h2-5,9,15H,6-8,10-11H2,1H3/t15-/m0/s1. The van der Waals surface area contributed by atoms with E-state index in [9.17, 15) is 4.79 Å². The van der Waals surface area contributed by atoms with Crippen molar-refractivity contribution in [2.24, 2.45) is 0 Å². The minimum absolute atomic E-state index is 0.159. The molecule has 0 unspecified atom stereocenters. The number of hydrogen-bond donors (Lipinski definition) is 0. The lowest BCUT2D eigenvalue weighted by Crippen LogP contribution is -2.30. The van der Waals surface area contributed by atoms with Gasteiger partial charge in [-0.15, -0.1) is 5.10 Å². The van der Waals surface area contributed by atoms with Crippen LogP contribution in [-0.2, 0) is 22.6 Å². The summed E-state index contributed by atoms with van der Waals surface area (Å²) >= 11 is 3.40. The highest BCUT2D eigenvalue weighted by Gasteiger charge is 2.28. The number of amides is 1. The van der Waals surface area contributed by atoms with Gasteiger partial charge in [-0.1, -0.05) is 33.3 Å². The molecule has 0 saturated carbocycles. The van der Waals surface area contributed by atoms with E-state index in [1.54, 1.807) is 7.11 Å². The summed E-state index contributed by atoms with van der Waals surface area (Å²) in [6.07, 6.45) is 3.24. The van der Waals surface area contributed by atoms with Crippen LogP contribution in [0.1, 0.15) is 23.7 Å². The second-order valence-electron chi connectivity index (χ2n) is 5.71. The van der Waals surface area contributed by atoms with E-state index in [0.29, 0.717) is 19.6 Å². The fraction of sp³-hybridized carbons (Fsp3) is 0.438. The van der Waals surface area contributed by atoms with Crippen molar-refractivity contribution in [1.82, 2.24) is 19.9 Å². The second-order valence-corrected chi connectivity index (χ2v) is 6.62. The molecule has 1 aromatic heterocycles. The molecule has 1 aromatic carbocycles. The van der Waals surface area contributed by atoms with Gasteiger partial charge in [-0.3, -0.25) is 4.79 Å². The van der Waals surface area contributed by atoms with Gasteiger partial charge in [0, 0.05) is 24.7 Å². The quantitative estimate of drug-likeness (QED) is 0.799. The number of halogens is 1. The normalized spacial score (nSPS) is 17.7. The Bertz CT molecular complexity index is 671. The van der Waals surface area contributed by atoms with Crippen LogP contribution < -0.4 is 0 Å². The van der Waals surface area contributed by atoms with Crippen LogP contribution in [0.5, 0.6) is 0 Å². The lowest BCUT2D eigenvalue weighted by molar-refractivity contribution is -0.129. The Morgan fingerprint density at radius 3 is 2.91 bits per heavy atom. The monoisotopic (exact) mass is 378 g/mol. The van der Waals surface area contributed by atoms with E-state index in [4.69, 9.17) is 4.74 Å². The Morgan fingerprint density at radius 2 is 2.17 bits per heavy atom. The number of rotatable bonds is 5. The van der Waals surface area contributed by atoms with Crippen LogP contribution >= 0.6 is 15.9 Å². The Labute approximate surface area is 143 Å². The smallest absolute Gasteiger partial charge is 0.227 e. The molecule has 1 aliphatic rings. The van der Waals surface area contributed by atoms with Gasteiger partial charge < -0.3 is 9.64 Å². The fourth-order valence-electron chi connectivity index (χ4n) is 2.78. The van der Waals surface area contributed by atoms with E-state index in [0.717, 1.165) is 28.7 Å². The zero-order chi connectivity index (χ0) is 16.2. The predicted octanol–water partition coefficient (Wildman–Crippen LogP) is 2.20. The van der Waals surface area contributed by atoms with Gasteiger partial charge in [0.05, 0.1) is 25.3 Å². The minimum atomic E-state index is 0.159. The maximum Gasteiger partial charge on any atom is 0.227 e. The third kappa shape index (κ3) is 3.97. The Kier molecular flexibility index (Phi) is 5.07. The lowest BCUT2D eigenvalue weighted by Gasteiger charge is -2.16. The summed E-state index contributed by atoms with van der Waals surface area (Å²) in [6.45, 7) is 1.91. The number of carbonyl (C=O) groups is 1. The predicted molar refractivity (Wildman–Crippen MR) is 88.8 cm³/mol. The largest absolute Gasteiger partial charge is 0.378 e. The highest BCUT2D eigenvalue weighted by Crippen LogP contribution is 2.22. The summed E-state index contributed by atoms with van der Waals surface area (Å²) in [4.78, 5) is 14.3. The van der Waals surface area contributed by atoms with Crippen molar-refractivity contribution in [1.29, 1.82) is 0 Å². The molecule has 0 bridgehead atoms. The average molecular weight is 379 g/mol. The Balaban J connectivity index is 1.57. The maximum atomic E-state index is 12.4. The van der Waals surface area contributed by atoms with E-state index < -0.39 is 0 Å². The summed E-state index contributed by atoms with van der Waals surface area (Å²) in [5.41, 5.74) is 1.84. The van der Waals surface area contributed by atoms with Crippen LogP contribution in [0.4, 0.5) is 0 Å². The molecule has 7 heteroatoms. The van der Waals surface area contributed by atoms with Gasteiger partial charge >= 0.3 is 0 Å². The number of methoxy groups -OCH3 is 1. The van der Waals surface area contributed by atoms with Crippen molar-refractivity contribution < 1.29 is 9.53 Å². The zero-order valence-corrected chi connectivity index (χ0v) is 14.6. The molecular formula is C16H19BrN4O2. The molecule has 0 aliphatic carbocycles. The molecule has 122 valence electrons. The first-order valence-electron chi connectivity index (χ1n) is 7.57. The van der Waals surface area contributed by atoms with E-state index >= 15 is 0 Å². The molecule has 2 heterocycles. The van der Waals surface area contributed by atoms with Crippen LogP contribution in [0.2, 0.25) is 0 Å². The summed E-state index contributed by atoms with van der Waals surface area (Å²) in [6, 6.07) is 8.07. The van der Waals surface area contributed by atoms with E-state index in [1.807, 2.05) is 40.0 Å². The lowest BCUT2D eigenvalue weighted by atomic mass is 10.1. The average Bonchev–Trinajstić information content (AvgIpc) is 3.19. The number of carbonyl (C=O) groups excluding carboxylic acids is 1. The summed E-state index contributed by atoms with van der Waals surface area (Å²) in [7, 11) is 1.64. The third-order valence-corrected chi connectivity index (χ3v) is 4.54. The van der Waals surface area contributed by atoms with Crippen molar-refractivity contribution in [3.05, 3.63) is 46.2 Å². The molecule has 6 nitrogen and oxygen atoms in total. The minimum Gasteiger partial charge on any atom is -0.378 e. The van der Waals surface area contributed by atoms with Crippen molar-refractivity contribution in [3.8, 4) is 0 Å². The van der Waals surface area contributed by atoms with Crippen molar-refractivity contribution >= 4 is 21.8 Å². The van der Waals surface area contributed by atoms with Crippen LogP contribution in [0.15, 0.2) is 34.9 Å². The number of hydrogen-bond acceptors (Lipinski definition) is 4. The van der Waals surface area contributed by atoms with Crippen LogP contribution in [-0.4, -0.2) is 46.0 Å². The van der Waals surface area contributed by atoms with Gasteiger partial charge in [0.15, 0.2) is 0 Å². The van der Waals surface area contributed by atoms with E-state index in [2.05, 4.69) is 26.2 Å². The topological polar surface area (TPSA) is 60.2 Å². The van der Waals surface area contributed by atoms with Crippen molar-refractivity contribution in [3.63, 3.8) is 0 Å². The molecule has 23 heavy (non-hydrogen) atoms. The first-order chi connectivity index (χ1) is 11.2. The summed E-state index contributed by atoms with van der Waals surface area (Å²) in [5, 5.41) is 8.22. The molecule has 1 amide bonds. The molecular weight excluding hydrogens is 360 g/mol. The van der Waals surface area contributed by atoms with Crippen LogP contribution in [0.3, 0.4) is 0 Å². The van der Waals surface area contributed by atoms with Gasteiger partial charge in [0.1, 0.15) is 5.69 Å². The number of benzene rings is 1. The number of ether oxygens (including phenoxy) is 1. The SMILES string of the molecule is COCc1cn([C@H]2CCN(C(=O)Cc3ccc(Br)cc3)C2)nn1. The molecule has 1 aliphatic heterocycles. The third-order valence-electron chi connectivity index (χ3n) is 4.01. The van der Waals surface area contributed by atoms with Crippen LogP contribution in [0.25, 0.3) is 0 Å². The molecule has 3 rings (SSSR count). The van der Waals surface area contributed by atoms with Gasteiger partial charge in [-0.05, 0) is 24.1 Å². The zero-order valence-electron chi connectivity index (χ0n) is 13.0. The molecule has 0 N–H and O–H groups in total. The first kappa shape index (κ1) is 16.1. The molecule has 1 atom stereocenters. The molecule has 0 radical (unpaired) electrons. The number of likely N-dealkylation sites (tertiary alicyclic amines) is 1. The van der Waals surface area contributed by atoms with Crippen LogP contribution in [0, 0.1) is 0 Å². The number of nitrogens with zero attached hydrogens (tertiary/aromatic N) is 4. The van der Waals surface area contributed by atoms with Crippen molar-refractivity contribution in [2.75, 3.05) is 20.2 Å². The van der Waals surface area contributed by atoms with Crippen molar-refractivity contribution in [2.45, 2.75) is 25.5 Å². The van der Waals surface area contributed by atoms with Gasteiger partial charge in [-0.2, -0.15) is 0 Å². The van der Waals surface area contributed by atoms with E-state index in [1.165, 1.54) is 0 Å². The Hall–Kier alpha value is -1.73. The molecule has 2 aromatic rings. The second kappa shape index (κ2) is 7.23. The van der Waals surface area contributed by atoms with Gasteiger partial charge in [-0.25, -0.2) is 4.68 Å².